The summed E-state index contributed by atoms with van der Waals surface area (Å²) in [6.45, 7) is 2.30. The molecule has 2 aromatic rings. The molecule has 100 valence electrons. The summed E-state index contributed by atoms with van der Waals surface area (Å²) in [6.07, 6.45) is 0. The van der Waals surface area contributed by atoms with E-state index in [1.165, 1.54) is 0 Å². The third kappa shape index (κ3) is 3.23. The van der Waals surface area contributed by atoms with Gasteiger partial charge in [0.15, 0.2) is 0 Å². The number of hydrogen-bond donors (Lipinski definition) is 1. The molecule has 0 saturated carbocycles. The summed E-state index contributed by atoms with van der Waals surface area (Å²) in [5, 5.41) is 0. The minimum atomic E-state index is -0.637. The molecule has 19 heavy (non-hydrogen) atoms. The molecule has 0 aliphatic carbocycles. The minimum absolute atomic E-state index is 0.125. The van der Waals surface area contributed by atoms with Crippen LogP contribution >= 0.6 is 0 Å². The average Bonchev–Trinajstić information content (AvgIpc) is 2.83. The van der Waals surface area contributed by atoms with Gasteiger partial charge in [0.1, 0.15) is 17.6 Å². The Morgan fingerprint density at radius 2 is 1.95 bits per heavy atom. The van der Waals surface area contributed by atoms with Crippen LogP contribution in [0.1, 0.15) is 23.1 Å². The maximum absolute atomic E-state index is 12.2. The molecule has 0 spiro atoms. The van der Waals surface area contributed by atoms with Gasteiger partial charge < -0.3 is 15.1 Å². The SMILES string of the molecule is Cc1ccc(CN(C)C(=O)[C@@H](N)c2ccccc2)o1. The fraction of sp³-hybridized carbons (Fsp3) is 0.267. The molecule has 1 aromatic carbocycles. The van der Waals surface area contributed by atoms with Crippen LogP contribution in [-0.4, -0.2) is 17.9 Å². The molecular weight excluding hydrogens is 240 g/mol. The van der Waals surface area contributed by atoms with Crippen molar-refractivity contribution in [2.45, 2.75) is 19.5 Å². The Balaban J connectivity index is 2.03. The molecule has 4 heteroatoms. The van der Waals surface area contributed by atoms with Crippen molar-refractivity contribution in [2.75, 3.05) is 7.05 Å². The molecule has 1 aromatic heterocycles. The van der Waals surface area contributed by atoms with Crippen molar-refractivity contribution >= 4 is 5.91 Å². The number of carbonyl (C=O) groups is 1. The van der Waals surface area contributed by atoms with E-state index < -0.39 is 6.04 Å². The molecule has 0 bridgehead atoms. The number of aryl methyl sites for hydroxylation is 1. The maximum Gasteiger partial charge on any atom is 0.244 e. The van der Waals surface area contributed by atoms with Gasteiger partial charge in [0.25, 0.3) is 0 Å². The van der Waals surface area contributed by atoms with Crippen LogP contribution in [0.4, 0.5) is 0 Å². The van der Waals surface area contributed by atoms with E-state index in [1.54, 1.807) is 11.9 Å². The molecular formula is C15H18N2O2. The molecule has 0 saturated heterocycles. The van der Waals surface area contributed by atoms with Gasteiger partial charge in [0.05, 0.1) is 6.54 Å². The predicted molar refractivity (Wildman–Crippen MR) is 73.3 cm³/mol. The van der Waals surface area contributed by atoms with Crippen molar-refractivity contribution in [3.8, 4) is 0 Å². The third-order valence-corrected chi connectivity index (χ3v) is 2.99. The summed E-state index contributed by atoms with van der Waals surface area (Å²) in [7, 11) is 1.73. The van der Waals surface area contributed by atoms with E-state index >= 15 is 0 Å². The maximum atomic E-state index is 12.2. The number of carbonyl (C=O) groups excluding carboxylic acids is 1. The summed E-state index contributed by atoms with van der Waals surface area (Å²) in [5.41, 5.74) is 6.79. The number of rotatable bonds is 4. The van der Waals surface area contributed by atoms with Crippen LogP contribution in [-0.2, 0) is 11.3 Å². The van der Waals surface area contributed by atoms with Gasteiger partial charge in [-0.3, -0.25) is 4.79 Å². The van der Waals surface area contributed by atoms with E-state index in [-0.39, 0.29) is 5.91 Å². The lowest BCUT2D eigenvalue weighted by Crippen LogP contribution is -2.35. The van der Waals surface area contributed by atoms with Crippen LogP contribution < -0.4 is 5.73 Å². The number of nitrogens with two attached hydrogens (primary N) is 1. The number of hydrogen-bond acceptors (Lipinski definition) is 3. The molecule has 2 rings (SSSR count). The molecule has 0 unspecified atom stereocenters. The average molecular weight is 258 g/mol. The van der Waals surface area contributed by atoms with E-state index in [1.807, 2.05) is 49.4 Å². The summed E-state index contributed by atoms with van der Waals surface area (Å²) in [6, 6.07) is 12.5. The van der Waals surface area contributed by atoms with Crippen LogP contribution in [0, 0.1) is 6.92 Å². The van der Waals surface area contributed by atoms with Crippen molar-refractivity contribution in [1.29, 1.82) is 0 Å². The number of amides is 1. The van der Waals surface area contributed by atoms with Gasteiger partial charge in [-0.25, -0.2) is 0 Å². The second-order valence-electron chi connectivity index (χ2n) is 4.60. The van der Waals surface area contributed by atoms with Gasteiger partial charge in [0, 0.05) is 7.05 Å². The van der Waals surface area contributed by atoms with Crippen molar-refractivity contribution < 1.29 is 9.21 Å². The van der Waals surface area contributed by atoms with Gasteiger partial charge in [-0.05, 0) is 24.6 Å². The van der Waals surface area contributed by atoms with Gasteiger partial charge in [0.2, 0.25) is 5.91 Å². The Kier molecular flexibility index (Phi) is 4.02. The van der Waals surface area contributed by atoms with Crippen molar-refractivity contribution in [2.24, 2.45) is 5.73 Å². The Morgan fingerprint density at radius 1 is 1.26 bits per heavy atom. The van der Waals surface area contributed by atoms with E-state index in [2.05, 4.69) is 0 Å². The molecule has 0 fully saturated rings. The molecule has 0 aliphatic heterocycles. The fourth-order valence-corrected chi connectivity index (χ4v) is 1.92. The second kappa shape index (κ2) is 5.71. The van der Waals surface area contributed by atoms with Crippen LogP contribution in [0.15, 0.2) is 46.9 Å². The smallest absolute Gasteiger partial charge is 0.244 e. The zero-order valence-electron chi connectivity index (χ0n) is 11.2. The van der Waals surface area contributed by atoms with Crippen LogP contribution in [0.3, 0.4) is 0 Å². The standard InChI is InChI=1S/C15H18N2O2/c1-11-8-9-13(19-11)10-17(2)15(18)14(16)12-6-4-3-5-7-12/h3-9,14H,10,16H2,1-2H3/t14-/m0/s1. The Bertz CT molecular complexity index is 548. The zero-order chi connectivity index (χ0) is 13.8. The zero-order valence-corrected chi connectivity index (χ0v) is 11.2. The van der Waals surface area contributed by atoms with Gasteiger partial charge in [-0.15, -0.1) is 0 Å². The fourth-order valence-electron chi connectivity index (χ4n) is 1.92. The number of likely N-dealkylation sites (N-methyl/N-ethyl adjacent to an activating group) is 1. The minimum Gasteiger partial charge on any atom is -0.464 e. The highest BCUT2D eigenvalue weighted by Crippen LogP contribution is 2.15. The van der Waals surface area contributed by atoms with E-state index in [0.29, 0.717) is 6.54 Å². The largest absolute Gasteiger partial charge is 0.464 e. The van der Waals surface area contributed by atoms with Crippen LogP contribution in [0.2, 0.25) is 0 Å². The summed E-state index contributed by atoms with van der Waals surface area (Å²) in [5.74, 6) is 1.47. The molecule has 1 heterocycles. The van der Waals surface area contributed by atoms with Crippen molar-refractivity contribution in [3.63, 3.8) is 0 Å². The van der Waals surface area contributed by atoms with Gasteiger partial charge in [-0.1, -0.05) is 30.3 Å². The number of nitrogens with zero attached hydrogens (tertiary/aromatic N) is 1. The van der Waals surface area contributed by atoms with Crippen molar-refractivity contribution in [3.05, 3.63) is 59.5 Å². The van der Waals surface area contributed by atoms with E-state index in [0.717, 1.165) is 17.1 Å². The highest BCUT2D eigenvalue weighted by atomic mass is 16.3. The molecule has 4 nitrogen and oxygen atoms in total. The molecule has 1 amide bonds. The Hall–Kier alpha value is -2.07. The highest BCUT2D eigenvalue weighted by molar-refractivity contribution is 5.82. The topological polar surface area (TPSA) is 59.5 Å². The Morgan fingerprint density at radius 3 is 2.53 bits per heavy atom. The number of furan rings is 1. The van der Waals surface area contributed by atoms with E-state index in [9.17, 15) is 4.79 Å². The second-order valence-corrected chi connectivity index (χ2v) is 4.60. The Labute approximate surface area is 112 Å². The number of benzene rings is 1. The summed E-state index contributed by atoms with van der Waals surface area (Å²) in [4.78, 5) is 13.8. The lowest BCUT2D eigenvalue weighted by molar-refractivity contribution is -0.132. The van der Waals surface area contributed by atoms with Crippen LogP contribution in [0.5, 0.6) is 0 Å². The van der Waals surface area contributed by atoms with Crippen LogP contribution in [0.25, 0.3) is 0 Å². The van der Waals surface area contributed by atoms with Gasteiger partial charge >= 0.3 is 0 Å². The monoisotopic (exact) mass is 258 g/mol. The molecule has 0 aliphatic rings. The predicted octanol–water partition coefficient (Wildman–Crippen LogP) is 2.25. The quantitative estimate of drug-likeness (QED) is 0.915. The van der Waals surface area contributed by atoms with Crippen molar-refractivity contribution in [1.82, 2.24) is 4.90 Å². The van der Waals surface area contributed by atoms with Gasteiger partial charge in [-0.2, -0.15) is 0 Å². The normalized spacial score (nSPS) is 12.2. The first-order valence-corrected chi connectivity index (χ1v) is 6.19. The third-order valence-electron chi connectivity index (χ3n) is 2.99. The highest BCUT2D eigenvalue weighted by Gasteiger charge is 2.20. The first kappa shape index (κ1) is 13.4. The summed E-state index contributed by atoms with van der Waals surface area (Å²) < 4.78 is 5.46. The molecule has 1 atom stereocenters. The molecule has 2 N–H and O–H groups in total. The van der Waals surface area contributed by atoms with E-state index in [4.69, 9.17) is 10.2 Å². The lowest BCUT2D eigenvalue weighted by Gasteiger charge is -2.20. The lowest BCUT2D eigenvalue weighted by atomic mass is 10.1. The molecule has 0 radical (unpaired) electrons. The first-order chi connectivity index (χ1) is 9.08. The first-order valence-electron chi connectivity index (χ1n) is 6.19. The summed E-state index contributed by atoms with van der Waals surface area (Å²) >= 11 is 0.